The van der Waals surface area contributed by atoms with Gasteiger partial charge in [0, 0.05) is 11.8 Å². The highest BCUT2D eigenvalue weighted by atomic mass is 32.2. The van der Waals surface area contributed by atoms with Gasteiger partial charge in [-0.3, -0.25) is 9.69 Å². The molecule has 0 N–H and O–H groups in total. The van der Waals surface area contributed by atoms with E-state index in [1.165, 1.54) is 11.8 Å². The molecule has 3 aromatic rings. The van der Waals surface area contributed by atoms with E-state index in [9.17, 15) is 4.79 Å². The number of carbonyl (C=O) groups is 1. The summed E-state index contributed by atoms with van der Waals surface area (Å²) in [6.07, 6.45) is 3.47. The number of para-hydroxylation sites is 2. The molecular formula is C23H19N3O3S. The van der Waals surface area contributed by atoms with Crippen molar-refractivity contribution in [3.63, 3.8) is 0 Å². The maximum absolute atomic E-state index is 13.3. The van der Waals surface area contributed by atoms with E-state index >= 15 is 0 Å². The van der Waals surface area contributed by atoms with Gasteiger partial charge in [0.05, 0.1) is 24.8 Å². The number of amidine groups is 1. The van der Waals surface area contributed by atoms with Crippen LogP contribution < -0.4 is 14.4 Å². The van der Waals surface area contributed by atoms with Crippen LogP contribution in [0, 0.1) is 0 Å². The molecule has 6 nitrogen and oxygen atoms in total. The molecule has 150 valence electrons. The van der Waals surface area contributed by atoms with E-state index < -0.39 is 0 Å². The molecule has 0 aliphatic carbocycles. The van der Waals surface area contributed by atoms with E-state index in [4.69, 9.17) is 9.47 Å². The van der Waals surface area contributed by atoms with Gasteiger partial charge >= 0.3 is 0 Å². The van der Waals surface area contributed by atoms with Crippen LogP contribution in [0.4, 0.5) is 11.5 Å². The molecule has 0 bridgehead atoms. The molecule has 30 heavy (non-hydrogen) atoms. The van der Waals surface area contributed by atoms with Crippen LogP contribution in [0.5, 0.6) is 11.5 Å². The largest absolute Gasteiger partial charge is 0.493 e. The smallest absolute Gasteiger partial charge is 0.271 e. The van der Waals surface area contributed by atoms with E-state index in [-0.39, 0.29) is 5.91 Å². The third-order valence-electron chi connectivity index (χ3n) is 4.40. The second-order valence-corrected chi connectivity index (χ2v) is 7.26. The maximum atomic E-state index is 13.3. The zero-order chi connectivity index (χ0) is 20.9. The van der Waals surface area contributed by atoms with E-state index in [1.54, 1.807) is 37.5 Å². The van der Waals surface area contributed by atoms with E-state index in [1.807, 2.05) is 60.7 Å². The number of hydrogen-bond acceptors (Lipinski definition) is 6. The highest BCUT2D eigenvalue weighted by molar-refractivity contribution is 8.19. The Balaban J connectivity index is 1.79. The Labute approximate surface area is 178 Å². The van der Waals surface area contributed by atoms with Gasteiger partial charge in [-0.05, 0) is 48.2 Å². The third kappa shape index (κ3) is 3.92. The lowest BCUT2D eigenvalue weighted by atomic mass is 10.1. The summed E-state index contributed by atoms with van der Waals surface area (Å²) in [7, 11) is 3.16. The molecule has 0 saturated carbocycles. The average molecular weight is 417 g/mol. The van der Waals surface area contributed by atoms with Crippen molar-refractivity contribution in [2.45, 2.75) is 0 Å². The summed E-state index contributed by atoms with van der Waals surface area (Å²) in [6.45, 7) is 0. The molecule has 0 spiro atoms. The summed E-state index contributed by atoms with van der Waals surface area (Å²) in [5, 5.41) is 0.540. The van der Waals surface area contributed by atoms with Gasteiger partial charge in [-0.15, -0.1) is 0 Å². The molecule has 1 saturated heterocycles. The Hall–Kier alpha value is -3.58. The van der Waals surface area contributed by atoms with Crippen molar-refractivity contribution in [2.75, 3.05) is 19.1 Å². The van der Waals surface area contributed by atoms with Gasteiger partial charge < -0.3 is 9.47 Å². The number of aliphatic imine (C=N–C) groups is 1. The van der Waals surface area contributed by atoms with Crippen LogP contribution in [0.15, 0.2) is 82.8 Å². The molecule has 1 aliphatic heterocycles. The number of thioether (sulfide) groups is 1. The van der Waals surface area contributed by atoms with Gasteiger partial charge in [0.25, 0.3) is 5.91 Å². The predicted octanol–water partition coefficient (Wildman–Crippen LogP) is 4.91. The Morgan fingerprint density at radius 3 is 2.47 bits per heavy atom. The van der Waals surface area contributed by atoms with Gasteiger partial charge in [-0.25, -0.2) is 9.98 Å². The van der Waals surface area contributed by atoms with Crippen molar-refractivity contribution in [2.24, 2.45) is 4.99 Å². The maximum Gasteiger partial charge on any atom is 0.271 e. The monoisotopic (exact) mass is 417 g/mol. The molecule has 1 fully saturated rings. The van der Waals surface area contributed by atoms with Gasteiger partial charge in [-0.2, -0.15) is 0 Å². The normalized spacial score (nSPS) is 16.3. The number of amides is 1. The lowest BCUT2D eigenvalue weighted by molar-refractivity contribution is -0.113. The number of anilines is 1. The molecule has 2 aromatic carbocycles. The summed E-state index contributed by atoms with van der Waals surface area (Å²) >= 11 is 1.30. The number of pyridine rings is 1. The number of nitrogens with zero attached hydrogens (tertiary/aromatic N) is 3. The second kappa shape index (κ2) is 8.84. The summed E-state index contributed by atoms with van der Waals surface area (Å²) in [5.74, 6) is 1.55. The molecule has 1 aliphatic rings. The highest BCUT2D eigenvalue weighted by Crippen LogP contribution is 2.39. The quantitative estimate of drug-likeness (QED) is 0.552. The molecule has 1 aromatic heterocycles. The first-order valence-corrected chi connectivity index (χ1v) is 10.0. The average Bonchev–Trinajstić information content (AvgIpc) is 3.09. The fraction of sp³-hybridized carbons (Fsp3) is 0.0870. The van der Waals surface area contributed by atoms with Crippen LogP contribution in [0.25, 0.3) is 6.08 Å². The fourth-order valence-electron chi connectivity index (χ4n) is 3.04. The van der Waals surface area contributed by atoms with Crippen LogP contribution in [-0.4, -0.2) is 30.3 Å². The number of rotatable bonds is 5. The van der Waals surface area contributed by atoms with E-state index in [2.05, 4.69) is 9.98 Å². The number of hydrogen-bond donors (Lipinski definition) is 0. The van der Waals surface area contributed by atoms with Crippen molar-refractivity contribution in [1.29, 1.82) is 0 Å². The highest BCUT2D eigenvalue weighted by Gasteiger charge is 2.35. The summed E-state index contributed by atoms with van der Waals surface area (Å²) in [5.41, 5.74) is 1.49. The van der Waals surface area contributed by atoms with Gasteiger partial charge in [0.2, 0.25) is 0 Å². The minimum absolute atomic E-state index is 0.161. The van der Waals surface area contributed by atoms with Crippen molar-refractivity contribution < 1.29 is 14.3 Å². The van der Waals surface area contributed by atoms with E-state index in [0.29, 0.717) is 27.4 Å². The molecule has 0 unspecified atom stereocenters. The summed E-state index contributed by atoms with van der Waals surface area (Å²) < 4.78 is 10.9. The summed E-state index contributed by atoms with van der Waals surface area (Å²) in [6, 6.07) is 20.5. The van der Waals surface area contributed by atoms with Crippen molar-refractivity contribution in [3.8, 4) is 11.5 Å². The molecule has 2 heterocycles. The number of aromatic nitrogens is 1. The number of methoxy groups -OCH3 is 2. The first kappa shape index (κ1) is 19.7. The van der Waals surface area contributed by atoms with Crippen LogP contribution in [0.1, 0.15) is 5.56 Å². The van der Waals surface area contributed by atoms with Crippen LogP contribution in [-0.2, 0) is 4.79 Å². The Bertz CT molecular complexity index is 1120. The first-order chi connectivity index (χ1) is 14.7. The number of carbonyl (C=O) groups excluding carboxylic acids is 1. The standard InChI is InChI=1S/C23H19N3O3S/c1-28-18-12-8-9-16(21(18)29-2)15-19-22(27)26(17-10-4-3-5-11-17)23(30-19)25-20-13-6-7-14-24-20/h3-15H,1-2H3/b19-15-,25-23+. The van der Waals surface area contributed by atoms with Crippen LogP contribution >= 0.6 is 11.8 Å². The molecular weight excluding hydrogens is 398 g/mol. The number of benzene rings is 2. The van der Waals surface area contributed by atoms with E-state index in [0.717, 1.165) is 11.3 Å². The SMILES string of the molecule is COc1cccc(/C=C2\S/C(=N/c3ccccn3)N(c3ccccc3)C2=O)c1OC. The zero-order valence-corrected chi connectivity index (χ0v) is 17.3. The Morgan fingerprint density at radius 2 is 1.77 bits per heavy atom. The van der Waals surface area contributed by atoms with Crippen molar-refractivity contribution in [3.05, 3.63) is 83.4 Å². The van der Waals surface area contributed by atoms with Gasteiger partial charge in [0.15, 0.2) is 22.5 Å². The molecule has 4 rings (SSSR count). The van der Waals surface area contributed by atoms with Crippen molar-refractivity contribution >= 4 is 40.4 Å². The zero-order valence-electron chi connectivity index (χ0n) is 16.5. The lowest BCUT2D eigenvalue weighted by Gasteiger charge is -2.15. The molecule has 0 atom stereocenters. The first-order valence-electron chi connectivity index (χ1n) is 9.21. The second-order valence-electron chi connectivity index (χ2n) is 6.25. The fourth-order valence-corrected chi connectivity index (χ4v) is 4.02. The van der Waals surface area contributed by atoms with Crippen LogP contribution in [0.2, 0.25) is 0 Å². The third-order valence-corrected chi connectivity index (χ3v) is 5.37. The Morgan fingerprint density at radius 1 is 0.967 bits per heavy atom. The molecule has 0 radical (unpaired) electrons. The predicted molar refractivity (Wildman–Crippen MR) is 120 cm³/mol. The minimum Gasteiger partial charge on any atom is -0.493 e. The van der Waals surface area contributed by atoms with Gasteiger partial charge in [-0.1, -0.05) is 36.4 Å². The lowest BCUT2D eigenvalue weighted by Crippen LogP contribution is -2.28. The molecule has 7 heteroatoms. The molecule has 1 amide bonds. The van der Waals surface area contributed by atoms with Crippen molar-refractivity contribution in [1.82, 2.24) is 4.98 Å². The van der Waals surface area contributed by atoms with Gasteiger partial charge in [0.1, 0.15) is 0 Å². The minimum atomic E-state index is -0.161. The topological polar surface area (TPSA) is 64.0 Å². The summed E-state index contributed by atoms with van der Waals surface area (Å²) in [4.78, 5) is 24.3. The Kier molecular flexibility index (Phi) is 5.81. The number of ether oxygens (including phenoxy) is 2. The van der Waals surface area contributed by atoms with Crippen LogP contribution in [0.3, 0.4) is 0 Å².